The van der Waals surface area contributed by atoms with Gasteiger partial charge in [0.2, 0.25) is 11.8 Å². The summed E-state index contributed by atoms with van der Waals surface area (Å²) in [6, 6.07) is 13.1. The first kappa shape index (κ1) is 20.3. The van der Waals surface area contributed by atoms with Crippen LogP contribution in [0.1, 0.15) is 24.2 Å². The second kappa shape index (κ2) is 9.59. The molecule has 0 aliphatic heterocycles. The molecule has 2 aromatic rings. The molecular weight excluding hydrogens is 375 g/mol. The van der Waals surface area contributed by atoms with Crippen LogP contribution < -0.4 is 10.6 Å². The average Bonchev–Trinajstić information content (AvgIpc) is 2.61. The minimum absolute atomic E-state index is 0.0267. The van der Waals surface area contributed by atoms with Crippen molar-refractivity contribution in [3.63, 3.8) is 0 Å². The number of halogens is 2. The Balaban J connectivity index is 2.07. The summed E-state index contributed by atoms with van der Waals surface area (Å²) in [6.07, 6.45) is 0.0356. The van der Waals surface area contributed by atoms with Crippen LogP contribution in [0.4, 0.5) is 10.1 Å². The minimum Gasteiger partial charge on any atom is -0.370 e. The van der Waals surface area contributed by atoms with Gasteiger partial charge in [-0.05, 0) is 42.8 Å². The Bertz CT molecular complexity index is 770. The van der Waals surface area contributed by atoms with E-state index in [4.69, 9.17) is 17.3 Å². The molecule has 138 valence electrons. The summed E-state index contributed by atoms with van der Waals surface area (Å²) >= 11 is 7.64. The number of carbonyl (C=O) groups is 2. The number of amides is 2. The molecule has 0 heterocycles. The highest BCUT2D eigenvalue weighted by Crippen LogP contribution is 2.33. The standard InChI is InChI=1S/C19H20ClFN2O2S/c1-13(16-4-2-3-5-17(16)20)26-12-19(25)23(11-10-18(22)24)15-8-6-14(21)7-9-15/h2-9,13H,10-12H2,1H3,(H2,22,24). The zero-order valence-corrected chi connectivity index (χ0v) is 15.9. The Morgan fingerprint density at radius 2 is 1.85 bits per heavy atom. The van der Waals surface area contributed by atoms with E-state index < -0.39 is 11.7 Å². The van der Waals surface area contributed by atoms with Gasteiger partial charge in [-0.2, -0.15) is 0 Å². The fourth-order valence-corrected chi connectivity index (χ4v) is 3.71. The second-order valence-electron chi connectivity index (χ2n) is 5.71. The summed E-state index contributed by atoms with van der Waals surface area (Å²) < 4.78 is 13.2. The van der Waals surface area contributed by atoms with Crippen molar-refractivity contribution >= 4 is 40.9 Å². The van der Waals surface area contributed by atoms with Crippen molar-refractivity contribution in [2.24, 2.45) is 5.73 Å². The Hall–Kier alpha value is -2.05. The SMILES string of the molecule is CC(SCC(=O)N(CCC(N)=O)c1ccc(F)cc1)c1ccccc1Cl. The van der Waals surface area contributed by atoms with Crippen LogP contribution in [0.3, 0.4) is 0 Å². The summed E-state index contributed by atoms with van der Waals surface area (Å²) in [5.41, 5.74) is 6.69. The molecule has 0 aromatic heterocycles. The number of rotatable bonds is 8. The van der Waals surface area contributed by atoms with E-state index in [1.807, 2.05) is 31.2 Å². The summed E-state index contributed by atoms with van der Waals surface area (Å²) in [7, 11) is 0. The second-order valence-corrected chi connectivity index (χ2v) is 7.45. The maximum atomic E-state index is 13.2. The molecule has 7 heteroatoms. The van der Waals surface area contributed by atoms with E-state index in [1.54, 1.807) is 0 Å². The summed E-state index contributed by atoms with van der Waals surface area (Å²) in [6.45, 7) is 2.13. The van der Waals surface area contributed by atoms with Crippen LogP contribution in [-0.2, 0) is 9.59 Å². The molecule has 2 aromatic carbocycles. The van der Waals surface area contributed by atoms with Crippen LogP contribution in [0.25, 0.3) is 0 Å². The zero-order valence-electron chi connectivity index (χ0n) is 14.3. The largest absolute Gasteiger partial charge is 0.370 e. The van der Waals surface area contributed by atoms with E-state index in [0.29, 0.717) is 10.7 Å². The maximum absolute atomic E-state index is 13.2. The zero-order chi connectivity index (χ0) is 19.1. The van der Waals surface area contributed by atoms with E-state index >= 15 is 0 Å². The van der Waals surface area contributed by atoms with Crippen molar-refractivity contribution in [1.29, 1.82) is 0 Å². The van der Waals surface area contributed by atoms with Crippen molar-refractivity contribution in [3.05, 3.63) is 64.9 Å². The van der Waals surface area contributed by atoms with Gasteiger partial charge in [-0.3, -0.25) is 9.59 Å². The van der Waals surface area contributed by atoms with Crippen molar-refractivity contribution in [2.45, 2.75) is 18.6 Å². The van der Waals surface area contributed by atoms with Crippen molar-refractivity contribution in [1.82, 2.24) is 0 Å². The van der Waals surface area contributed by atoms with Gasteiger partial charge >= 0.3 is 0 Å². The molecule has 0 aliphatic rings. The molecule has 0 radical (unpaired) electrons. The number of hydrogen-bond donors (Lipinski definition) is 1. The number of thioether (sulfide) groups is 1. The van der Waals surface area contributed by atoms with Crippen LogP contribution in [0.2, 0.25) is 5.02 Å². The Kier molecular flexibility index (Phi) is 7.48. The smallest absolute Gasteiger partial charge is 0.237 e. The van der Waals surface area contributed by atoms with Crippen LogP contribution in [0.5, 0.6) is 0 Å². The number of nitrogens with two attached hydrogens (primary N) is 1. The number of nitrogens with zero attached hydrogens (tertiary/aromatic N) is 1. The first-order chi connectivity index (χ1) is 12.4. The maximum Gasteiger partial charge on any atom is 0.237 e. The van der Waals surface area contributed by atoms with Gasteiger partial charge in [0.15, 0.2) is 0 Å². The van der Waals surface area contributed by atoms with Crippen LogP contribution in [0, 0.1) is 5.82 Å². The van der Waals surface area contributed by atoms with E-state index in [-0.39, 0.29) is 29.9 Å². The fraction of sp³-hybridized carbons (Fsp3) is 0.263. The molecule has 0 fully saturated rings. The summed E-state index contributed by atoms with van der Waals surface area (Å²) in [5.74, 6) is -0.871. The molecule has 0 bridgehead atoms. The quantitative estimate of drug-likeness (QED) is 0.730. The highest BCUT2D eigenvalue weighted by molar-refractivity contribution is 8.00. The van der Waals surface area contributed by atoms with Crippen molar-refractivity contribution in [2.75, 3.05) is 17.2 Å². The normalized spacial score (nSPS) is 11.8. The lowest BCUT2D eigenvalue weighted by atomic mass is 10.2. The van der Waals surface area contributed by atoms with Gasteiger partial charge in [0, 0.05) is 28.9 Å². The molecule has 4 nitrogen and oxygen atoms in total. The molecule has 0 spiro atoms. The lowest BCUT2D eigenvalue weighted by Gasteiger charge is -2.23. The van der Waals surface area contributed by atoms with Gasteiger partial charge < -0.3 is 10.6 Å². The van der Waals surface area contributed by atoms with Gasteiger partial charge in [0.1, 0.15) is 5.82 Å². The number of primary amides is 1. The predicted octanol–water partition coefficient (Wildman–Crippen LogP) is 4.18. The average molecular weight is 395 g/mol. The third-order valence-corrected chi connectivity index (χ3v) is 5.33. The summed E-state index contributed by atoms with van der Waals surface area (Å²) in [4.78, 5) is 25.2. The fourth-order valence-electron chi connectivity index (χ4n) is 2.41. The topological polar surface area (TPSA) is 63.4 Å². The molecule has 0 aliphatic carbocycles. The molecule has 0 saturated carbocycles. The molecule has 26 heavy (non-hydrogen) atoms. The molecule has 0 saturated heterocycles. The lowest BCUT2D eigenvalue weighted by molar-refractivity contribution is -0.118. The van der Waals surface area contributed by atoms with E-state index in [1.165, 1.54) is 40.9 Å². The number of benzene rings is 2. The van der Waals surface area contributed by atoms with E-state index in [2.05, 4.69) is 0 Å². The minimum atomic E-state index is -0.498. The van der Waals surface area contributed by atoms with Gasteiger partial charge in [0.05, 0.1) is 5.75 Å². The van der Waals surface area contributed by atoms with Gasteiger partial charge in [-0.25, -0.2) is 4.39 Å². The summed E-state index contributed by atoms with van der Waals surface area (Å²) in [5, 5.41) is 0.683. The molecule has 2 rings (SSSR count). The van der Waals surface area contributed by atoms with Crippen molar-refractivity contribution in [3.8, 4) is 0 Å². The van der Waals surface area contributed by atoms with Crippen molar-refractivity contribution < 1.29 is 14.0 Å². The van der Waals surface area contributed by atoms with Crippen LogP contribution >= 0.6 is 23.4 Å². The number of carbonyl (C=O) groups excluding carboxylic acids is 2. The highest BCUT2D eigenvalue weighted by atomic mass is 35.5. The Labute approximate surface area is 161 Å². The van der Waals surface area contributed by atoms with Gasteiger partial charge in [0.25, 0.3) is 0 Å². The van der Waals surface area contributed by atoms with Gasteiger partial charge in [-0.15, -0.1) is 11.8 Å². The molecule has 2 N–H and O–H groups in total. The van der Waals surface area contributed by atoms with Crippen LogP contribution in [-0.4, -0.2) is 24.1 Å². The van der Waals surface area contributed by atoms with Gasteiger partial charge in [-0.1, -0.05) is 29.8 Å². The molecule has 2 amide bonds. The third kappa shape index (κ3) is 5.75. The third-order valence-electron chi connectivity index (χ3n) is 3.82. The predicted molar refractivity (Wildman–Crippen MR) is 105 cm³/mol. The molecule has 1 unspecified atom stereocenters. The van der Waals surface area contributed by atoms with E-state index in [9.17, 15) is 14.0 Å². The monoisotopic (exact) mass is 394 g/mol. The van der Waals surface area contributed by atoms with Crippen LogP contribution in [0.15, 0.2) is 48.5 Å². The first-order valence-electron chi connectivity index (χ1n) is 8.08. The number of anilines is 1. The highest BCUT2D eigenvalue weighted by Gasteiger charge is 2.19. The lowest BCUT2D eigenvalue weighted by Crippen LogP contribution is -2.35. The Morgan fingerprint density at radius 1 is 1.19 bits per heavy atom. The molecule has 1 atom stereocenters. The first-order valence-corrected chi connectivity index (χ1v) is 9.51. The number of hydrogen-bond acceptors (Lipinski definition) is 3. The van der Waals surface area contributed by atoms with E-state index in [0.717, 1.165) is 5.56 Å². The Morgan fingerprint density at radius 3 is 2.46 bits per heavy atom. The molecular formula is C19H20ClFN2O2S.